The highest BCUT2D eigenvalue weighted by molar-refractivity contribution is 5.67. The Labute approximate surface area is 101 Å². The molecule has 0 aromatic rings. The summed E-state index contributed by atoms with van der Waals surface area (Å²) < 4.78 is 5.20. The van der Waals surface area contributed by atoms with E-state index in [4.69, 9.17) is 4.74 Å². The maximum atomic E-state index is 11.5. The number of carbonyl (C=O) groups is 1. The summed E-state index contributed by atoms with van der Waals surface area (Å²) in [6.07, 6.45) is -0.264. The summed E-state index contributed by atoms with van der Waals surface area (Å²) in [5.41, 5.74) is -0.413. The molecule has 0 aliphatic rings. The van der Waals surface area contributed by atoms with E-state index in [0.29, 0.717) is 6.54 Å². The molecule has 0 saturated heterocycles. The highest BCUT2D eigenvalue weighted by atomic mass is 16.6. The van der Waals surface area contributed by atoms with Crippen LogP contribution in [0.3, 0.4) is 0 Å². The number of nitrogens with zero attached hydrogens (tertiary/aromatic N) is 2. The van der Waals surface area contributed by atoms with Crippen LogP contribution in [0, 0.1) is 0 Å². The largest absolute Gasteiger partial charge is 0.444 e. The zero-order valence-electron chi connectivity index (χ0n) is 12.1. The number of hydrogen-bond donors (Lipinski definition) is 0. The van der Waals surface area contributed by atoms with Gasteiger partial charge in [-0.1, -0.05) is 13.8 Å². The summed E-state index contributed by atoms with van der Waals surface area (Å²) >= 11 is 0. The Hall–Kier alpha value is -0.770. The molecule has 0 aliphatic heterocycles. The van der Waals surface area contributed by atoms with E-state index in [2.05, 4.69) is 0 Å². The molecule has 0 heterocycles. The predicted octanol–water partition coefficient (Wildman–Crippen LogP) is 2.44. The lowest BCUT2D eigenvalue weighted by Crippen LogP contribution is -2.37. The van der Waals surface area contributed by atoms with Gasteiger partial charge in [0.05, 0.1) is 0 Å². The van der Waals surface area contributed by atoms with Crippen LogP contribution in [-0.4, -0.2) is 55.7 Å². The molecule has 0 N–H and O–H groups in total. The third kappa shape index (κ3) is 11.3. The van der Waals surface area contributed by atoms with E-state index in [1.807, 2.05) is 53.6 Å². The zero-order chi connectivity index (χ0) is 13.4. The van der Waals surface area contributed by atoms with Crippen LogP contribution in [-0.2, 0) is 4.74 Å². The minimum Gasteiger partial charge on any atom is -0.444 e. The van der Waals surface area contributed by atoms with Crippen LogP contribution in [0.25, 0.3) is 0 Å². The van der Waals surface area contributed by atoms with Crippen molar-refractivity contribution in [1.82, 2.24) is 9.80 Å². The van der Waals surface area contributed by atoms with E-state index in [1.165, 1.54) is 0 Å². The summed E-state index contributed by atoms with van der Waals surface area (Å²) in [4.78, 5) is 15.1. The molecule has 1 amide bonds. The van der Waals surface area contributed by atoms with E-state index in [1.54, 1.807) is 11.9 Å². The van der Waals surface area contributed by atoms with Gasteiger partial charge in [-0.15, -0.1) is 0 Å². The first-order valence-corrected chi connectivity index (χ1v) is 5.81. The molecular weight excluding hydrogens is 204 g/mol. The van der Waals surface area contributed by atoms with Crippen molar-refractivity contribution in [3.63, 3.8) is 0 Å². The SMILES string of the molecule is CC.CN(C)CCN(C)C(=O)OC(C)(C)C. The van der Waals surface area contributed by atoms with Gasteiger partial charge in [0.15, 0.2) is 0 Å². The lowest BCUT2D eigenvalue weighted by atomic mass is 10.2. The molecule has 16 heavy (non-hydrogen) atoms. The van der Waals surface area contributed by atoms with E-state index >= 15 is 0 Å². The van der Waals surface area contributed by atoms with Gasteiger partial charge in [0.2, 0.25) is 0 Å². The highest BCUT2D eigenvalue weighted by Gasteiger charge is 2.19. The molecule has 0 atom stereocenters. The van der Waals surface area contributed by atoms with Gasteiger partial charge in [-0.05, 0) is 34.9 Å². The second-order valence-electron chi connectivity index (χ2n) is 4.71. The molecule has 0 aliphatic carbocycles. The van der Waals surface area contributed by atoms with Crippen LogP contribution in [0.5, 0.6) is 0 Å². The molecule has 98 valence electrons. The minimum absolute atomic E-state index is 0.264. The average molecular weight is 232 g/mol. The fourth-order valence-corrected chi connectivity index (χ4v) is 0.781. The summed E-state index contributed by atoms with van der Waals surface area (Å²) in [5, 5.41) is 0. The molecule has 0 aromatic carbocycles. The van der Waals surface area contributed by atoms with Crippen LogP contribution in [0.4, 0.5) is 4.79 Å². The normalized spacial score (nSPS) is 10.6. The van der Waals surface area contributed by atoms with Gasteiger partial charge in [0, 0.05) is 20.1 Å². The second-order valence-corrected chi connectivity index (χ2v) is 4.71. The quantitative estimate of drug-likeness (QED) is 0.749. The van der Waals surface area contributed by atoms with Gasteiger partial charge in [-0.3, -0.25) is 0 Å². The van der Waals surface area contributed by atoms with E-state index in [-0.39, 0.29) is 6.09 Å². The van der Waals surface area contributed by atoms with Gasteiger partial charge in [0.25, 0.3) is 0 Å². The van der Waals surface area contributed by atoms with E-state index in [0.717, 1.165) is 6.54 Å². The fraction of sp³-hybridized carbons (Fsp3) is 0.917. The Morgan fingerprint density at radius 1 is 1.06 bits per heavy atom. The fourth-order valence-electron chi connectivity index (χ4n) is 0.781. The molecule has 0 rings (SSSR count). The van der Waals surface area contributed by atoms with Crippen molar-refractivity contribution in [3.05, 3.63) is 0 Å². The number of rotatable bonds is 3. The number of amides is 1. The first-order valence-electron chi connectivity index (χ1n) is 5.81. The maximum Gasteiger partial charge on any atom is 0.410 e. The van der Waals surface area contributed by atoms with E-state index < -0.39 is 5.60 Å². The highest BCUT2D eigenvalue weighted by Crippen LogP contribution is 2.08. The van der Waals surface area contributed by atoms with Crippen molar-refractivity contribution in [2.24, 2.45) is 0 Å². The molecule has 0 radical (unpaired) electrons. The number of ether oxygens (including phenoxy) is 1. The van der Waals surface area contributed by atoms with Gasteiger partial charge < -0.3 is 14.5 Å². The first kappa shape index (κ1) is 17.6. The molecule has 0 bridgehead atoms. The Kier molecular flexibility index (Phi) is 9.24. The van der Waals surface area contributed by atoms with Crippen molar-refractivity contribution in [1.29, 1.82) is 0 Å². The van der Waals surface area contributed by atoms with Crippen LogP contribution in [0.15, 0.2) is 0 Å². The minimum atomic E-state index is -0.413. The summed E-state index contributed by atoms with van der Waals surface area (Å²) in [7, 11) is 5.70. The van der Waals surface area contributed by atoms with Crippen molar-refractivity contribution in [2.75, 3.05) is 34.2 Å². The topological polar surface area (TPSA) is 32.8 Å². The smallest absolute Gasteiger partial charge is 0.410 e. The maximum absolute atomic E-state index is 11.5. The van der Waals surface area contributed by atoms with Gasteiger partial charge in [-0.25, -0.2) is 4.79 Å². The summed E-state index contributed by atoms with van der Waals surface area (Å²) in [6.45, 7) is 11.1. The van der Waals surface area contributed by atoms with Crippen molar-refractivity contribution in [2.45, 2.75) is 40.2 Å². The second kappa shape index (κ2) is 8.39. The molecule has 0 unspecified atom stereocenters. The van der Waals surface area contributed by atoms with Crippen LogP contribution >= 0.6 is 0 Å². The lowest BCUT2D eigenvalue weighted by molar-refractivity contribution is 0.0290. The average Bonchev–Trinajstić information content (AvgIpc) is 2.14. The monoisotopic (exact) mass is 232 g/mol. The Morgan fingerprint density at radius 2 is 1.50 bits per heavy atom. The number of carbonyl (C=O) groups excluding carboxylic acids is 1. The first-order chi connectivity index (χ1) is 7.22. The Morgan fingerprint density at radius 3 is 1.81 bits per heavy atom. The van der Waals surface area contributed by atoms with Gasteiger partial charge >= 0.3 is 6.09 Å². The van der Waals surface area contributed by atoms with Crippen LogP contribution in [0.2, 0.25) is 0 Å². The lowest BCUT2D eigenvalue weighted by Gasteiger charge is -2.25. The zero-order valence-corrected chi connectivity index (χ0v) is 12.1. The van der Waals surface area contributed by atoms with Crippen LogP contribution in [0.1, 0.15) is 34.6 Å². The molecule has 0 saturated carbocycles. The van der Waals surface area contributed by atoms with E-state index in [9.17, 15) is 4.79 Å². The van der Waals surface area contributed by atoms with Crippen molar-refractivity contribution < 1.29 is 9.53 Å². The number of likely N-dealkylation sites (N-methyl/N-ethyl adjacent to an activating group) is 2. The molecule has 0 fully saturated rings. The van der Waals surface area contributed by atoms with Gasteiger partial charge in [0.1, 0.15) is 5.60 Å². The predicted molar refractivity (Wildman–Crippen MR) is 68.8 cm³/mol. The van der Waals surface area contributed by atoms with Crippen molar-refractivity contribution in [3.8, 4) is 0 Å². The standard InChI is InChI=1S/C10H22N2O2.C2H6/c1-10(2,3)14-9(13)12(6)8-7-11(4)5;1-2/h7-8H2,1-6H3;1-2H3. The number of hydrogen-bond acceptors (Lipinski definition) is 3. The van der Waals surface area contributed by atoms with Crippen molar-refractivity contribution >= 4 is 6.09 Å². The summed E-state index contributed by atoms with van der Waals surface area (Å²) in [5.74, 6) is 0. The third-order valence-electron chi connectivity index (χ3n) is 1.59. The Balaban J connectivity index is 0. The summed E-state index contributed by atoms with van der Waals surface area (Å²) in [6, 6.07) is 0. The molecule has 4 heteroatoms. The van der Waals surface area contributed by atoms with Gasteiger partial charge in [-0.2, -0.15) is 0 Å². The molecule has 4 nitrogen and oxygen atoms in total. The molecule has 0 aromatic heterocycles. The molecular formula is C12H28N2O2. The van der Waals surface area contributed by atoms with Crippen LogP contribution < -0.4 is 0 Å². The Bertz CT molecular complexity index is 186. The molecule has 0 spiro atoms. The third-order valence-corrected chi connectivity index (χ3v) is 1.59.